The fourth-order valence-electron chi connectivity index (χ4n) is 2.75. The van der Waals surface area contributed by atoms with Gasteiger partial charge in [-0.25, -0.2) is 0 Å². The number of rotatable bonds is 1. The Morgan fingerprint density at radius 1 is 0.950 bits per heavy atom. The van der Waals surface area contributed by atoms with Gasteiger partial charge in [0, 0.05) is 5.39 Å². The van der Waals surface area contributed by atoms with Gasteiger partial charge in [-0.1, -0.05) is 18.2 Å². The number of hydrogen-bond acceptors (Lipinski definition) is 3. The minimum atomic E-state index is 0.0404. The molecular weight excluding hydrogens is 248 g/mol. The van der Waals surface area contributed by atoms with Crippen LogP contribution in [0.1, 0.15) is 23.0 Å². The van der Waals surface area contributed by atoms with Crippen molar-refractivity contribution in [2.45, 2.75) is 20.0 Å². The van der Waals surface area contributed by atoms with E-state index in [0.29, 0.717) is 0 Å². The van der Waals surface area contributed by atoms with Gasteiger partial charge in [-0.2, -0.15) is 5.10 Å². The molecule has 4 nitrogen and oxygen atoms in total. The van der Waals surface area contributed by atoms with Crippen molar-refractivity contribution < 1.29 is 0 Å². The molecule has 2 heterocycles. The zero-order chi connectivity index (χ0) is 13.7. The van der Waals surface area contributed by atoms with Gasteiger partial charge in [0.2, 0.25) is 0 Å². The van der Waals surface area contributed by atoms with Crippen LogP contribution in [-0.2, 0) is 0 Å². The number of benzene rings is 2. The summed E-state index contributed by atoms with van der Waals surface area (Å²) < 4.78 is 0. The van der Waals surface area contributed by atoms with Crippen molar-refractivity contribution in [2.75, 3.05) is 10.6 Å². The van der Waals surface area contributed by atoms with Crippen molar-refractivity contribution in [3.63, 3.8) is 0 Å². The third-order valence-corrected chi connectivity index (χ3v) is 4.01. The van der Waals surface area contributed by atoms with E-state index in [2.05, 4.69) is 52.9 Å². The first kappa shape index (κ1) is 11.3. The van der Waals surface area contributed by atoms with Gasteiger partial charge in [-0.05, 0) is 43.2 Å². The zero-order valence-corrected chi connectivity index (χ0v) is 11.5. The highest BCUT2D eigenvalue weighted by Gasteiger charge is 2.24. The van der Waals surface area contributed by atoms with Crippen LogP contribution in [0.5, 0.6) is 0 Å². The van der Waals surface area contributed by atoms with Crippen LogP contribution in [0, 0.1) is 13.8 Å². The number of nitrogens with zero attached hydrogens (tertiary/aromatic N) is 1. The van der Waals surface area contributed by atoms with Crippen molar-refractivity contribution in [2.24, 2.45) is 0 Å². The molecule has 0 atom stereocenters. The predicted octanol–water partition coefficient (Wildman–Crippen LogP) is 3.72. The molecule has 3 aromatic rings. The average Bonchev–Trinajstić information content (AvgIpc) is 3.02. The number of para-hydroxylation sites is 1. The van der Waals surface area contributed by atoms with Gasteiger partial charge in [-0.15, -0.1) is 0 Å². The monoisotopic (exact) mass is 264 g/mol. The highest BCUT2D eigenvalue weighted by atomic mass is 15.2. The second-order valence-corrected chi connectivity index (χ2v) is 5.36. The number of nitrogens with one attached hydrogen (secondary N) is 3. The van der Waals surface area contributed by atoms with Crippen LogP contribution in [0.2, 0.25) is 0 Å². The molecule has 0 saturated carbocycles. The summed E-state index contributed by atoms with van der Waals surface area (Å²) in [5, 5.41) is 15.7. The summed E-state index contributed by atoms with van der Waals surface area (Å²) in [4.78, 5) is 0. The Morgan fingerprint density at radius 3 is 2.30 bits per heavy atom. The van der Waals surface area contributed by atoms with Crippen LogP contribution >= 0.6 is 0 Å². The lowest BCUT2D eigenvalue weighted by molar-refractivity contribution is 0.874. The topological polar surface area (TPSA) is 52.7 Å². The standard InChI is InChI=1S/C16H16N4/c1-9-7-13-14(8-10(9)2)18-16(17-13)15-11-5-3-4-6-12(11)19-20-15/h3-8,16-18H,1-2H3,(H,19,20). The molecule has 0 bridgehead atoms. The van der Waals surface area contributed by atoms with Crippen molar-refractivity contribution in [3.8, 4) is 0 Å². The van der Waals surface area contributed by atoms with E-state index in [0.717, 1.165) is 28.0 Å². The lowest BCUT2D eigenvalue weighted by Crippen LogP contribution is -2.12. The number of aromatic amines is 1. The number of anilines is 2. The van der Waals surface area contributed by atoms with E-state index >= 15 is 0 Å². The van der Waals surface area contributed by atoms with Crippen molar-refractivity contribution in [1.29, 1.82) is 0 Å². The average molecular weight is 264 g/mol. The van der Waals surface area contributed by atoms with Crippen molar-refractivity contribution >= 4 is 22.3 Å². The lowest BCUT2D eigenvalue weighted by atomic mass is 10.1. The number of fused-ring (bicyclic) bond motifs is 2. The molecule has 100 valence electrons. The normalized spacial score (nSPS) is 14.1. The molecule has 0 fully saturated rings. The van der Waals surface area contributed by atoms with Crippen LogP contribution in [0.4, 0.5) is 11.4 Å². The Labute approximate surface area is 117 Å². The SMILES string of the molecule is Cc1cc2c(cc1C)NC(c1[nH]nc3ccccc13)N2. The van der Waals surface area contributed by atoms with Crippen LogP contribution in [-0.4, -0.2) is 10.2 Å². The Bertz CT molecular complexity index is 772. The molecule has 20 heavy (non-hydrogen) atoms. The zero-order valence-electron chi connectivity index (χ0n) is 11.5. The van der Waals surface area contributed by atoms with Crippen LogP contribution in [0.25, 0.3) is 10.9 Å². The van der Waals surface area contributed by atoms with Crippen molar-refractivity contribution in [1.82, 2.24) is 10.2 Å². The van der Waals surface area contributed by atoms with E-state index in [9.17, 15) is 0 Å². The van der Waals surface area contributed by atoms with Gasteiger partial charge in [-0.3, -0.25) is 5.10 Å². The smallest absolute Gasteiger partial charge is 0.141 e. The second-order valence-electron chi connectivity index (χ2n) is 5.36. The molecule has 0 saturated heterocycles. The minimum absolute atomic E-state index is 0.0404. The molecular formula is C16H16N4. The van der Waals surface area contributed by atoms with Crippen molar-refractivity contribution in [3.05, 3.63) is 53.2 Å². The highest BCUT2D eigenvalue weighted by molar-refractivity contribution is 5.85. The fraction of sp³-hybridized carbons (Fsp3) is 0.188. The van der Waals surface area contributed by atoms with Gasteiger partial charge in [0.1, 0.15) is 6.17 Å². The van der Waals surface area contributed by atoms with Crippen LogP contribution in [0.3, 0.4) is 0 Å². The second kappa shape index (κ2) is 4.00. The Morgan fingerprint density at radius 2 is 1.60 bits per heavy atom. The first-order valence-corrected chi connectivity index (χ1v) is 6.80. The molecule has 1 aliphatic rings. The van der Waals surface area contributed by atoms with E-state index in [1.165, 1.54) is 11.1 Å². The summed E-state index contributed by atoms with van der Waals surface area (Å²) in [6, 6.07) is 12.5. The fourth-order valence-corrected chi connectivity index (χ4v) is 2.75. The molecule has 0 spiro atoms. The summed E-state index contributed by atoms with van der Waals surface area (Å²) in [5.41, 5.74) is 6.97. The molecule has 0 amide bonds. The molecule has 3 N–H and O–H groups in total. The Balaban J connectivity index is 1.76. The quantitative estimate of drug-likeness (QED) is 0.628. The van der Waals surface area contributed by atoms with Gasteiger partial charge in [0.25, 0.3) is 0 Å². The van der Waals surface area contributed by atoms with Crippen LogP contribution < -0.4 is 10.6 Å². The molecule has 0 radical (unpaired) electrons. The summed E-state index contributed by atoms with van der Waals surface area (Å²) in [7, 11) is 0. The first-order chi connectivity index (χ1) is 9.72. The molecule has 0 unspecified atom stereocenters. The van der Waals surface area contributed by atoms with E-state index < -0.39 is 0 Å². The summed E-state index contributed by atoms with van der Waals surface area (Å²) in [5.74, 6) is 0. The summed E-state index contributed by atoms with van der Waals surface area (Å²) in [6.45, 7) is 4.27. The molecule has 1 aliphatic heterocycles. The summed E-state index contributed by atoms with van der Waals surface area (Å²) >= 11 is 0. The maximum absolute atomic E-state index is 4.36. The Hall–Kier alpha value is -2.49. The molecule has 1 aromatic heterocycles. The van der Waals surface area contributed by atoms with Gasteiger partial charge in [0.05, 0.1) is 22.6 Å². The molecule has 4 heteroatoms. The van der Waals surface area contributed by atoms with E-state index in [1.807, 2.05) is 18.2 Å². The van der Waals surface area contributed by atoms with Gasteiger partial charge in [0.15, 0.2) is 0 Å². The van der Waals surface area contributed by atoms with Gasteiger partial charge < -0.3 is 10.6 Å². The number of aromatic nitrogens is 2. The predicted molar refractivity (Wildman–Crippen MR) is 82.0 cm³/mol. The maximum atomic E-state index is 4.36. The number of hydrogen-bond donors (Lipinski definition) is 3. The molecule has 4 rings (SSSR count). The van der Waals surface area contributed by atoms with E-state index in [4.69, 9.17) is 0 Å². The van der Waals surface area contributed by atoms with Crippen LogP contribution in [0.15, 0.2) is 36.4 Å². The number of H-pyrrole nitrogens is 1. The van der Waals surface area contributed by atoms with Gasteiger partial charge >= 0.3 is 0 Å². The number of aryl methyl sites for hydroxylation is 2. The first-order valence-electron chi connectivity index (χ1n) is 6.80. The molecule has 2 aromatic carbocycles. The Kier molecular flexibility index (Phi) is 2.27. The highest BCUT2D eigenvalue weighted by Crippen LogP contribution is 2.38. The largest absolute Gasteiger partial charge is 0.359 e. The third kappa shape index (κ3) is 1.58. The van der Waals surface area contributed by atoms with E-state index in [-0.39, 0.29) is 6.17 Å². The third-order valence-electron chi connectivity index (χ3n) is 4.01. The molecule has 0 aliphatic carbocycles. The summed E-state index contributed by atoms with van der Waals surface area (Å²) in [6.07, 6.45) is 0.0404. The maximum Gasteiger partial charge on any atom is 0.141 e. The van der Waals surface area contributed by atoms with E-state index in [1.54, 1.807) is 0 Å². The minimum Gasteiger partial charge on any atom is -0.359 e. The lowest BCUT2D eigenvalue weighted by Gasteiger charge is -2.10.